The molecule has 1 atom stereocenters. The SMILES string of the molecule is CNc1cc([C@@H]2CCCN2Cc2nccs2)nc(C)n1. The highest BCUT2D eigenvalue weighted by Gasteiger charge is 2.28. The minimum Gasteiger partial charge on any atom is -0.373 e. The zero-order valence-electron chi connectivity index (χ0n) is 11.8. The Labute approximate surface area is 123 Å². The second kappa shape index (κ2) is 5.85. The van der Waals surface area contributed by atoms with Crippen LogP contribution in [0.5, 0.6) is 0 Å². The van der Waals surface area contributed by atoms with Gasteiger partial charge in [0.25, 0.3) is 0 Å². The average molecular weight is 289 g/mol. The fourth-order valence-electron chi connectivity index (χ4n) is 2.74. The van der Waals surface area contributed by atoms with Gasteiger partial charge in [-0.2, -0.15) is 0 Å². The first-order valence-corrected chi connectivity index (χ1v) is 7.80. The van der Waals surface area contributed by atoms with Gasteiger partial charge in [-0.1, -0.05) is 0 Å². The van der Waals surface area contributed by atoms with E-state index in [-0.39, 0.29) is 0 Å². The maximum Gasteiger partial charge on any atom is 0.129 e. The van der Waals surface area contributed by atoms with Crippen molar-refractivity contribution in [1.82, 2.24) is 19.9 Å². The third kappa shape index (κ3) is 2.81. The second-order valence-corrected chi connectivity index (χ2v) is 6.01. The minimum atomic E-state index is 0.382. The Morgan fingerprint density at radius 2 is 2.35 bits per heavy atom. The fourth-order valence-corrected chi connectivity index (χ4v) is 3.39. The molecule has 0 bridgehead atoms. The number of likely N-dealkylation sites (tertiary alicyclic amines) is 1. The van der Waals surface area contributed by atoms with Crippen molar-refractivity contribution in [2.24, 2.45) is 0 Å². The number of aromatic nitrogens is 3. The summed E-state index contributed by atoms with van der Waals surface area (Å²) in [4.78, 5) is 15.9. The Morgan fingerprint density at radius 1 is 1.45 bits per heavy atom. The van der Waals surface area contributed by atoms with Gasteiger partial charge in [0.15, 0.2) is 0 Å². The molecule has 2 aromatic rings. The summed E-state index contributed by atoms with van der Waals surface area (Å²) >= 11 is 1.72. The Balaban J connectivity index is 1.82. The second-order valence-electron chi connectivity index (χ2n) is 5.03. The molecule has 5 nitrogen and oxygen atoms in total. The largest absolute Gasteiger partial charge is 0.373 e. The van der Waals surface area contributed by atoms with E-state index in [9.17, 15) is 0 Å². The van der Waals surface area contributed by atoms with Gasteiger partial charge in [-0.15, -0.1) is 11.3 Å². The number of aryl methyl sites for hydroxylation is 1. The monoisotopic (exact) mass is 289 g/mol. The Bertz CT molecular complexity index is 569. The summed E-state index contributed by atoms with van der Waals surface area (Å²) in [6.45, 7) is 3.98. The van der Waals surface area contributed by atoms with E-state index in [0.29, 0.717) is 6.04 Å². The van der Waals surface area contributed by atoms with Gasteiger partial charge in [0.05, 0.1) is 18.3 Å². The molecular weight excluding hydrogens is 270 g/mol. The van der Waals surface area contributed by atoms with E-state index < -0.39 is 0 Å². The highest BCUT2D eigenvalue weighted by Crippen LogP contribution is 2.33. The normalized spacial score (nSPS) is 19.4. The van der Waals surface area contributed by atoms with E-state index >= 15 is 0 Å². The number of nitrogens with one attached hydrogen (secondary N) is 1. The lowest BCUT2D eigenvalue weighted by Crippen LogP contribution is -2.23. The zero-order valence-corrected chi connectivity index (χ0v) is 12.7. The van der Waals surface area contributed by atoms with Crippen LogP contribution in [-0.4, -0.2) is 33.4 Å². The Morgan fingerprint density at radius 3 is 3.10 bits per heavy atom. The van der Waals surface area contributed by atoms with Crippen molar-refractivity contribution in [3.05, 3.63) is 34.2 Å². The summed E-state index contributed by atoms with van der Waals surface area (Å²) < 4.78 is 0. The molecule has 106 valence electrons. The molecule has 0 spiro atoms. The lowest BCUT2D eigenvalue weighted by atomic mass is 10.1. The van der Waals surface area contributed by atoms with Crippen molar-refractivity contribution in [3.8, 4) is 0 Å². The van der Waals surface area contributed by atoms with Crippen molar-refractivity contribution >= 4 is 17.2 Å². The van der Waals surface area contributed by atoms with Gasteiger partial charge in [-0.3, -0.25) is 4.90 Å². The van der Waals surface area contributed by atoms with E-state index in [2.05, 4.69) is 31.2 Å². The number of rotatable bonds is 4. The van der Waals surface area contributed by atoms with Crippen LogP contribution >= 0.6 is 11.3 Å². The molecule has 0 aromatic carbocycles. The van der Waals surface area contributed by atoms with Crippen LogP contribution in [0.4, 0.5) is 5.82 Å². The van der Waals surface area contributed by atoms with Gasteiger partial charge in [-0.25, -0.2) is 15.0 Å². The molecule has 3 heterocycles. The topological polar surface area (TPSA) is 53.9 Å². The van der Waals surface area contributed by atoms with Gasteiger partial charge in [0.1, 0.15) is 16.6 Å². The highest BCUT2D eigenvalue weighted by molar-refractivity contribution is 7.09. The number of hydrogen-bond acceptors (Lipinski definition) is 6. The van der Waals surface area contributed by atoms with Crippen LogP contribution < -0.4 is 5.32 Å². The standard InChI is InChI=1S/C14H19N5S/c1-10-17-11(8-13(15-2)18-10)12-4-3-6-19(12)9-14-16-5-7-20-14/h5,7-8,12H,3-4,6,9H2,1-2H3,(H,15,17,18)/t12-/m0/s1. The molecular formula is C14H19N5S. The first kappa shape index (κ1) is 13.5. The maximum atomic E-state index is 4.63. The van der Waals surface area contributed by atoms with Gasteiger partial charge < -0.3 is 5.32 Å². The number of nitrogens with zero attached hydrogens (tertiary/aromatic N) is 4. The summed E-state index contributed by atoms with van der Waals surface area (Å²) in [7, 11) is 1.90. The first-order chi connectivity index (χ1) is 9.76. The van der Waals surface area contributed by atoms with Crippen molar-refractivity contribution < 1.29 is 0 Å². The van der Waals surface area contributed by atoms with E-state index in [4.69, 9.17) is 0 Å². The molecule has 1 saturated heterocycles. The summed E-state index contributed by atoms with van der Waals surface area (Å²) in [6, 6.07) is 2.45. The number of hydrogen-bond donors (Lipinski definition) is 1. The third-order valence-corrected chi connectivity index (χ3v) is 4.41. The van der Waals surface area contributed by atoms with E-state index in [0.717, 1.165) is 36.8 Å². The predicted octanol–water partition coefficient (Wildman–Crippen LogP) is 2.62. The molecule has 0 unspecified atom stereocenters. The van der Waals surface area contributed by atoms with Crippen LogP contribution in [0, 0.1) is 6.92 Å². The summed E-state index contributed by atoms with van der Waals surface area (Å²) in [5, 5.41) is 6.33. The molecule has 1 fully saturated rings. The van der Waals surface area contributed by atoms with Crippen molar-refractivity contribution in [2.45, 2.75) is 32.4 Å². The van der Waals surface area contributed by atoms with Gasteiger partial charge >= 0.3 is 0 Å². The van der Waals surface area contributed by atoms with Crippen LogP contribution in [0.1, 0.15) is 35.4 Å². The van der Waals surface area contributed by atoms with Crippen LogP contribution in [0.15, 0.2) is 17.6 Å². The molecule has 2 aromatic heterocycles. The molecule has 1 aliphatic heterocycles. The van der Waals surface area contributed by atoms with Crippen LogP contribution in [0.2, 0.25) is 0 Å². The zero-order chi connectivity index (χ0) is 13.9. The molecule has 20 heavy (non-hydrogen) atoms. The quantitative estimate of drug-likeness (QED) is 0.937. The molecule has 1 aliphatic rings. The van der Waals surface area contributed by atoms with E-state index in [1.54, 1.807) is 11.3 Å². The van der Waals surface area contributed by atoms with Gasteiger partial charge in [-0.05, 0) is 26.3 Å². The molecule has 0 radical (unpaired) electrons. The Hall–Kier alpha value is -1.53. The summed E-state index contributed by atoms with van der Waals surface area (Å²) in [5.41, 5.74) is 1.12. The van der Waals surface area contributed by atoms with Crippen molar-refractivity contribution in [1.29, 1.82) is 0 Å². The van der Waals surface area contributed by atoms with Crippen LogP contribution in [0.3, 0.4) is 0 Å². The summed E-state index contributed by atoms with van der Waals surface area (Å²) in [5.74, 6) is 1.72. The molecule has 3 rings (SSSR count). The molecule has 6 heteroatoms. The van der Waals surface area contributed by atoms with Crippen LogP contribution in [0.25, 0.3) is 0 Å². The van der Waals surface area contributed by atoms with E-state index in [1.807, 2.05) is 25.5 Å². The van der Waals surface area contributed by atoms with Crippen LogP contribution in [-0.2, 0) is 6.54 Å². The fraction of sp³-hybridized carbons (Fsp3) is 0.500. The van der Waals surface area contributed by atoms with Gasteiger partial charge in [0.2, 0.25) is 0 Å². The number of anilines is 1. The smallest absolute Gasteiger partial charge is 0.129 e. The minimum absolute atomic E-state index is 0.382. The maximum absolute atomic E-state index is 4.63. The molecule has 0 amide bonds. The lowest BCUT2D eigenvalue weighted by Gasteiger charge is -2.23. The molecule has 1 N–H and O–H groups in total. The average Bonchev–Trinajstić information content (AvgIpc) is 3.10. The number of thiazole rings is 1. The lowest BCUT2D eigenvalue weighted by molar-refractivity contribution is 0.244. The van der Waals surface area contributed by atoms with Gasteiger partial charge in [0, 0.05) is 24.7 Å². The molecule has 0 aliphatic carbocycles. The van der Waals surface area contributed by atoms with Crippen molar-refractivity contribution in [3.63, 3.8) is 0 Å². The third-order valence-electron chi connectivity index (χ3n) is 3.64. The highest BCUT2D eigenvalue weighted by atomic mass is 32.1. The van der Waals surface area contributed by atoms with Crippen molar-refractivity contribution in [2.75, 3.05) is 18.9 Å². The first-order valence-electron chi connectivity index (χ1n) is 6.92. The molecule has 0 saturated carbocycles. The Kier molecular flexibility index (Phi) is 3.93. The van der Waals surface area contributed by atoms with E-state index in [1.165, 1.54) is 11.4 Å². The predicted molar refractivity (Wildman–Crippen MR) is 80.8 cm³/mol. The summed E-state index contributed by atoms with van der Waals surface area (Å²) in [6.07, 6.45) is 4.25.